The van der Waals surface area contributed by atoms with E-state index in [0.717, 1.165) is 22.9 Å². The van der Waals surface area contributed by atoms with E-state index >= 15 is 0 Å². The molecule has 0 saturated carbocycles. The molecular weight excluding hydrogens is 509 g/mol. The van der Waals surface area contributed by atoms with E-state index in [1.807, 2.05) is 50.2 Å². The second kappa shape index (κ2) is 11.5. The summed E-state index contributed by atoms with van der Waals surface area (Å²) >= 11 is 12.8. The monoisotopic (exact) mass is 539 g/mol. The van der Waals surface area contributed by atoms with Crippen molar-refractivity contribution in [2.45, 2.75) is 58.7 Å². The Bertz CT molecular complexity index is 1320. The molecule has 1 N–H and O–H groups in total. The third-order valence-electron chi connectivity index (χ3n) is 6.98. The van der Waals surface area contributed by atoms with Crippen LogP contribution in [0.25, 0.3) is 10.8 Å². The van der Waals surface area contributed by atoms with E-state index in [9.17, 15) is 14.4 Å². The molecule has 0 fully saturated rings. The van der Waals surface area contributed by atoms with Crippen LogP contribution >= 0.6 is 23.2 Å². The Kier molecular flexibility index (Phi) is 8.40. The van der Waals surface area contributed by atoms with Gasteiger partial charge in [0.05, 0.1) is 5.69 Å². The first-order valence-corrected chi connectivity index (χ1v) is 13.3. The summed E-state index contributed by atoms with van der Waals surface area (Å²) in [6.07, 6.45) is 1.39. The van der Waals surface area contributed by atoms with Crippen LogP contribution in [0, 0.1) is 0 Å². The van der Waals surface area contributed by atoms with E-state index in [1.165, 1.54) is 4.90 Å². The van der Waals surface area contributed by atoms with Crippen molar-refractivity contribution in [2.24, 2.45) is 0 Å². The van der Waals surface area contributed by atoms with Gasteiger partial charge in [-0.25, -0.2) is 0 Å². The first-order valence-electron chi connectivity index (χ1n) is 12.6. The zero-order chi connectivity index (χ0) is 26.7. The third-order valence-corrected chi connectivity index (χ3v) is 7.69. The van der Waals surface area contributed by atoms with Crippen molar-refractivity contribution >= 4 is 57.4 Å². The van der Waals surface area contributed by atoms with Crippen LogP contribution in [0.4, 0.5) is 5.69 Å². The molecule has 0 unspecified atom stereocenters. The maximum absolute atomic E-state index is 13.5. The minimum Gasteiger partial charge on any atom is -0.352 e. The van der Waals surface area contributed by atoms with Gasteiger partial charge in [0.25, 0.3) is 5.91 Å². The summed E-state index contributed by atoms with van der Waals surface area (Å²) in [7, 11) is 0. The van der Waals surface area contributed by atoms with E-state index in [2.05, 4.69) is 5.32 Å². The van der Waals surface area contributed by atoms with Crippen molar-refractivity contribution in [1.29, 1.82) is 0 Å². The van der Waals surface area contributed by atoms with Crippen molar-refractivity contribution in [1.82, 2.24) is 10.2 Å². The predicted molar refractivity (Wildman–Crippen MR) is 149 cm³/mol. The molecule has 2 atom stereocenters. The number of hydrogen-bond donors (Lipinski definition) is 1. The van der Waals surface area contributed by atoms with Gasteiger partial charge < -0.3 is 15.1 Å². The number of hydrogen-bond acceptors (Lipinski definition) is 3. The molecular formula is C29H31Cl2N3O3. The molecule has 8 heteroatoms. The minimum atomic E-state index is -0.722. The maximum atomic E-state index is 13.5. The van der Waals surface area contributed by atoms with Crippen LogP contribution in [0.5, 0.6) is 0 Å². The summed E-state index contributed by atoms with van der Waals surface area (Å²) < 4.78 is 0. The zero-order valence-corrected chi connectivity index (χ0v) is 22.8. The number of nitrogens with zero attached hydrogens (tertiary/aromatic N) is 2. The van der Waals surface area contributed by atoms with Crippen LogP contribution in [0.3, 0.4) is 0 Å². The molecule has 1 heterocycles. The molecule has 4 rings (SSSR count). The van der Waals surface area contributed by atoms with Gasteiger partial charge in [0.1, 0.15) is 6.04 Å². The maximum Gasteiger partial charge on any atom is 0.258 e. The van der Waals surface area contributed by atoms with Crippen molar-refractivity contribution in [3.05, 3.63) is 75.8 Å². The lowest BCUT2D eigenvalue weighted by Gasteiger charge is -2.30. The second-order valence-corrected chi connectivity index (χ2v) is 10.3. The number of anilines is 1. The molecule has 194 valence electrons. The average Bonchev–Trinajstić information content (AvgIpc) is 3.16. The lowest BCUT2D eigenvalue weighted by atomic mass is 10.1. The van der Waals surface area contributed by atoms with Crippen LogP contribution < -0.4 is 10.2 Å². The first-order chi connectivity index (χ1) is 17.7. The summed E-state index contributed by atoms with van der Waals surface area (Å²) in [6.45, 7) is 6.13. The van der Waals surface area contributed by atoms with Gasteiger partial charge in [0.15, 0.2) is 0 Å². The lowest BCUT2D eigenvalue weighted by Crippen LogP contribution is -2.49. The van der Waals surface area contributed by atoms with Gasteiger partial charge in [-0.2, -0.15) is 0 Å². The number of nitrogens with one attached hydrogen (secondary N) is 1. The SMILES string of the molecule is CC[C@@H](C)NC(=O)[C@H](C)N(Cc1c(Cl)cccc1Cl)C(=O)CCCN1C(=O)c2cccc3cccc1c23. The fourth-order valence-electron chi connectivity index (χ4n) is 4.64. The Hall–Kier alpha value is -3.09. The van der Waals surface area contributed by atoms with Crippen LogP contribution in [-0.2, 0) is 16.1 Å². The van der Waals surface area contributed by atoms with E-state index < -0.39 is 6.04 Å². The average molecular weight is 540 g/mol. The molecule has 0 saturated heterocycles. The summed E-state index contributed by atoms with van der Waals surface area (Å²) in [6, 6.07) is 16.0. The van der Waals surface area contributed by atoms with Gasteiger partial charge in [-0.05, 0) is 56.3 Å². The van der Waals surface area contributed by atoms with Crippen LogP contribution in [0.2, 0.25) is 10.0 Å². The summed E-state index contributed by atoms with van der Waals surface area (Å²) in [5, 5.41) is 5.80. The highest BCUT2D eigenvalue weighted by molar-refractivity contribution is 6.36. The van der Waals surface area contributed by atoms with Gasteiger partial charge in [-0.3, -0.25) is 14.4 Å². The molecule has 0 radical (unpaired) electrons. The summed E-state index contributed by atoms with van der Waals surface area (Å²) in [5.41, 5.74) is 2.15. The van der Waals surface area contributed by atoms with Crippen LogP contribution in [0.1, 0.15) is 56.0 Å². The summed E-state index contributed by atoms with van der Waals surface area (Å²) in [4.78, 5) is 42.8. The van der Waals surface area contributed by atoms with E-state index in [0.29, 0.717) is 34.1 Å². The quantitative estimate of drug-likeness (QED) is 0.332. The van der Waals surface area contributed by atoms with Gasteiger partial charge in [-0.15, -0.1) is 0 Å². The van der Waals surface area contributed by atoms with E-state index in [4.69, 9.17) is 23.2 Å². The molecule has 0 spiro atoms. The Morgan fingerprint density at radius 3 is 2.32 bits per heavy atom. The lowest BCUT2D eigenvalue weighted by molar-refractivity contribution is -0.140. The number of carbonyl (C=O) groups is 3. The molecule has 1 aliphatic heterocycles. The Morgan fingerprint density at radius 2 is 1.65 bits per heavy atom. The van der Waals surface area contributed by atoms with E-state index in [-0.39, 0.29) is 36.7 Å². The molecule has 3 aromatic rings. The topological polar surface area (TPSA) is 69.7 Å². The minimum absolute atomic E-state index is 0.0127. The highest BCUT2D eigenvalue weighted by Gasteiger charge is 2.31. The number of benzene rings is 3. The highest BCUT2D eigenvalue weighted by Crippen LogP contribution is 2.37. The third kappa shape index (κ3) is 5.60. The predicted octanol–water partition coefficient (Wildman–Crippen LogP) is 6.22. The standard InChI is InChI=1S/C29H31Cl2N3O3/c1-4-18(2)32-28(36)19(3)34(17-22-23(30)12-7-13-24(22)31)26(35)15-8-16-33-25-14-6-10-20-9-5-11-21(27(20)25)29(33)37/h5-7,9-14,18-19H,4,8,15-17H2,1-3H3,(H,32,36)/t18-,19+/m1/s1. The molecule has 3 aromatic carbocycles. The van der Waals surface area contributed by atoms with Gasteiger partial charge in [0.2, 0.25) is 11.8 Å². The second-order valence-electron chi connectivity index (χ2n) is 9.46. The van der Waals surface area contributed by atoms with Crippen molar-refractivity contribution in [3.63, 3.8) is 0 Å². The Labute approximate surface area is 227 Å². The molecule has 1 aliphatic rings. The van der Waals surface area contributed by atoms with Gasteiger partial charge >= 0.3 is 0 Å². The molecule has 6 nitrogen and oxygen atoms in total. The molecule has 0 aliphatic carbocycles. The van der Waals surface area contributed by atoms with Crippen LogP contribution in [0.15, 0.2) is 54.6 Å². The van der Waals surface area contributed by atoms with Gasteiger partial charge in [0, 0.05) is 52.1 Å². The molecule has 0 bridgehead atoms. The smallest absolute Gasteiger partial charge is 0.258 e. The fourth-order valence-corrected chi connectivity index (χ4v) is 5.15. The first kappa shape index (κ1) is 27.0. The summed E-state index contributed by atoms with van der Waals surface area (Å²) in [5.74, 6) is -0.492. The van der Waals surface area contributed by atoms with Crippen molar-refractivity contribution in [3.8, 4) is 0 Å². The molecule has 3 amide bonds. The van der Waals surface area contributed by atoms with Crippen molar-refractivity contribution < 1.29 is 14.4 Å². The highest BCUT2D eigenvalue weighted by atomic mass is 35.5. The molecule has 37 heavy (non-hydrogen) atoms. The van der Waals surface area contributed by atoms with Crippen LogP contribution in [-0.4, -0.2) is 41.2 Å². The van der Waals surface area contributed by atoms with Gasteiger partial charge in [-0.1, -0.05) is 60.5 Å². The Morgan fingerprint density at radius 1 is 1.00 bits per heavy atom. The van der Waals surface area contributed by atoms with E-state index in [1.54, 1.807) is 30.0 Å². The number of rotatable bonds is 10. The largest absolute Gasteiger partial charge is 0.352 e. The molecule has 0 aromatic heterocycles. The number of carbonyl (C=O) groups excluding carboxylic acids is 3. The number of amides is 3. The fraction of sp³-hybridized carbons (Fsp3) is 0.345. The normalized spacial score (nSPS) is 14.1. The van der Waals surface area contributed by atoms with Crippen molar-refractivity contribution in [2.75, 3.05) is 11.4 Å². The Balaban J connectivity index is 1.49. The zero-order valence-electron chi connectivity index (χ0n) is 21.3. The number of halogens is 2.